The second-order valence-corrected chi connectivity index (χ2v) is 2.24. The zero-order valence-electron chi connectivity index (χ0n) is 7.05. The van der Waals surface area contributed by atoms with Gasteiger partial charge in [0.1, 0.15) is 5.70 Å². The van der Waals surface area contributed by atoms with E-state index in [0.29, 0.717) is 12.2 Å². The van der Waals surface area contributed by atoms with Gasteiger partial charge in [0, 0.05) is 6.54 Å². The first-order chi connectivity index (χ1) is 5.22. The highest BCUT2D eigenvalue weighted by Gasteiger charge is 2.02. The Balaban J connectivity index is 3.97. The average Bonchev–Trinajstić information content (AvgIpc) is 1.97. The molecule has 3 heteroatoms. The molecule has 0 aromatic rings. The Morgan fingerprint density at radius 2 is 2.18 bits per heavy atom. The van der Waals surface area contributed by atoms with Crippen molar-refractivity contribution < 1.29 is 9.90 Å². The molecule has 0 aliphatic rings. The number of hydrogen-bond acceptors (Lipinski definition) is 2. The Labute approximate surface area is 67.1 Å². The third-order valence-corrected chi connectivity index (χ3v) is 1.23. The Morgan fingerprint density at radius 1 is 1.55 bits per heavy atom. The van der Waals surface area contributed by atoms with E-state index in [4.69, 9.17) is 5.11 Å². The zero-order chi connectivity index (χ0) is 8.69. The van der Waals surface area contributed by atoms with Crippen molar-refractivity contribution in [1.29, 1.82) is 0 Å². The summed E-state index contributed by atoms with van der Waals surface area (Å²) in [5, 5.41) is 11.4. The smallest absolute Gasteiger partial charge is 0.351 e. The molecule has 11 heavy (non-hydrogen) atoms. The summed E-state index contributed by atoms with van der Waals surface area (Å²) in [7, 11) is 0. The molecule has 64 valence electrons. The third-order valence-electron chi connectivity index (χ3n) is 1.23. The number of unbranched alkanes of at least 4 members (excludes halogenated alkanes) is 1. The molecule has 0 spiro atoms. The van der Waals surface area contributed by atoms with E-state index in [2.05, 4.69) is 5.32 Å². The molecule has 0 fully saturated rings. The number of nitrogens with one attached hydrogen (secondary N) is 1. The summed E-state index contributed by atoms with van der Waals surface area (Å²) in [6.45, 7) is 4.55. The van der Waals surface area contributed by atoms with Crippen LogP contribution in [0, 0.1) is 0 Å². The van der Waals surface area contributed by atoms with E-state index in [-0.39, 0.29) is 0 Å². The van der Waals surface area contributed by atoms with Crippen LogP contribution in [0.2, 0.25) is 0 Å². The molecule has 0 rings (SSSR count). The fourth-order valence-corrected chi connectivity index (χ4v) is 0.714. The first-order valence-corrected chi connectivity index (χ1v) is 3.89. The van der Waals surface area contributed by atoms with E-state index < -0.39 is 5.97 Å². The largest absolute Gasteiger partial charge is 0.477 e. The van der Waals surface area contributed by atoms with E-state index in [0.717, 1.165) is 12.8 Å². The van der Waals surface area contributed by atoms with Crippen molar-refractivity contribution >= 4 is 5.97 Å². The van der Waals surface area contributed by atoms with Crippen LogP contribution in [-0.2, 0) is 4.79 Å². The van der Waals surface area contributed by atoms with Gasteiger partial charge in [0.05, 0.1) is 0 Å². The maximum absolute atomic E-state index is 10.5. The summed E-state index contributed by atoms with van der Waals surface area (Å²) in [6.07, 6.45) is 3.50. The minimum Gasteiger partial charge on any atom is -0.477 e. The van der Waals surface area contributed by atoms with Crippen LogP contribution in [0.5, 0.6) is 0 Å². The second-order valence-electron chi connectivity index (χ2n) is 2.24. The third kappa shape index (κ3) is 4.42. The van der Waals surface area contributed by atoms with Gasteiger partial charge >= 0.3 is 5.97 Å². The van der Waals surface area contributed by atoms with E-state index in [1.807, 2.05) is 13.8 Å². The summed E-state index contributed by atoms with van der Waals surface area (Å²) < 4.78 is 0. The summed E-state index contributed by atoms with van der Waals surface area (Å²) in [4.78, 5) is 10.5. The first-order valence-electron chi connectivity index (χ1n) is 3.89. The van der Waals surface area contributed by atoms with Crippen LogP contribution in [-0.4, -0.2) is 17.6 Å². The van der Waals surface area contributed by atoms with E-state index in [9.17, 15) is 4.79 Å². The number of likely N-dealkylation sites (N-methyl/N-ethyl adjacent to an activating group) is 1. The summed E-state index contributed by atoms with van der Waals surface area (Å²) >= 11 is 0. The van der Waals surface area contributed by atoms with Gasteiger partial charge in [-0.1, -0.05) is 19.4 Å². The van der Waals surface area contributed by atoms with Gasteiger partial charge in [0.15, 0.2) is 0 Å². The molecule has 0 heterocycles. The number of aliphatic carboxylic acids is 1. The standard InChI is InChI=1S/C8H15NO2/c1-3-5-6-7(8(10)11)9-4-2/h6,9H,3-5H2,1-2H3,(H,10,11)/b7-6-. The maximum atomic E-state index is 10.5. The lowest BCUT2D eigenvalue weighted by Gasteiger charge is -2.02. The van der Waals surface area contributed by atoms with E-state index in [1.54, 1.807) is 6.08 Å². The summed E-state index contributed by atoms with van der Waals surface area (Å²) in [5.74, 6) is -0.875. The number of allylic oxidation sites excluding steroid dienone is 1. The zero-order valence-corrected chi connectivity index (χ0v) is 7.05. The first kappa shape index (κ1) is 10.0. The second kappa shape index (κ2) is 5.77. The Morgan fingerprint density at radius 3 is 2.55 bits per heavy atom. The number of hydrogen-bond donors (Lipinski definition) is 2. The molecule has 0 saturated carbocycles. The molecule has 0 aromatic carbocycles. The Hall–Kier alpha value is -0.990. The van der Waals surface area contributed by atoms with Crippen LogP contribution in [0.3, 0.4) is 0 Å². The van der Waals surface area contributed by atoms with Gasteiger partial charge < -0.3 is 10.4 Å². The van der Waals surface area contributed by atoms with Gasteiger partial charge in [-0.05, 0) is 13.3 Å². The molecule has 0 aliphatic carbocycles. The average molecular weight is 157 g/mol. The Bertz CT molecular complexity index is 152. The topological polar surface area (TPSA) is 49.3 Å². The molecule has 0 aromatic heterocycles. The van der Waals surface area contributed by atoms with Gasteiger partial charge in [0.25, 0.3) is 0 Å². The number of carboxylic acid groups (broad SMARTS) is 1. The van der Waals surface area contributed by atoms with Crippen LogP contribution in [0.25, 0.3) is 0 Å². The molecule has 0 amide bonds. The number of rotatable bonds is 5. The number of carbonyl (C=O) groups is 1. The van der Waals surface area contributed by atoms with Gasteiger partial charge in [-0.2, -0.15) is 0 Å². The molecule has 0 atom stereocenters. The van der Waals surface area contributed by atoms with E-state index in [1.165, 1.54) is 0 Å². The van der Waals surface area contributed by atoms with Crippen molar-refractivity contribution in [3.05, 3.63) is 11.8 Å². The molecule has 0 unspecified atom stereocenters. The minimum absolute atomic E-state index is 0.314. The van der Waals surface area contributed by atoms with Gasteiger partial charge in [-0.3, -0.25) is 0 Å². The molecule has 2 N–H and O–H groups in total. The fourth-order valence-electron chi connectivity index (χ4n) is 0.714. The lowest BCUT2D eigenvalue weighted by atomic mass is 10.3. The normalized spacial score (nSPS) is 11.3. The van der Waals surface area contributed by atoms with Crippen molar-refractivity contribution in [3.8, 4) is 0 Å². The van der Waals surface area contributed by atoms with Crippen molar-refractivity contribution in [2.24, 2.45) is 0 Å². The monoisotopic (exact) mass is 157 g/mol. The van der Waals surface area contributed by atoms with Crippen molar-refractivity contribution in [3.63, 3.8) is 0 Å². The quantitative estimate of drug-likeness (QED) is 0.592. The van der Waals surface area contributed by atoms with Crippen LogP contribution in [0.1, 0.15) is 26.7 Å². The van der Waals surface area contributed by atoms with Crippen LogP contribution >= 0.6 is 0 Å². The molecule has 0 bridgehead atoms. The predicted molar refractivity (Wildman–Crippen MR) is 44.3 cm³/mol. The highest BCUT2D eigenvalue weighted by atomic mass is 16.4. The highest BCUT2D eigenvalue weighted by molar-refractivity contribution is 5.85. The lowest BCUT2D eigenvalue weighted by Crippen LogP contribution is -2.19. The van der Waals surface area contributed by atoms with Gasteiger partial charge in [-0.15, -0.1) is 0 Å². The fraction of sp³-hybridized carbons (Fsp3) is 0.625. The van der Waals surface area contributed by atoms with Crippen molar-refractivity contribution in [2.75, 3.05) is 6.54 Å². The van der Waals surface area contributed by atoms with E-state index >= 15 is 0 Å². The Kier molecular flexibility index (Phi) is 5.25. The van der Waals surface area contributed by atoms with Crippen LogP contribution in [0.15, 0.2) is 11.8 Å². The molecule has 0 saturated heterocycles. The number of carboxylic acids is 1. The SMILES string of the molecule is CCC/C=C(\NCC)C(=O)O. The van der Waals surface area contributed by atoms with Gasteiger partial charge in [-0.25, -0.2) is 4.79 Å². The summed E-state index contributed by atoms with van der Waals surface area (Å²) in [6, 6.07) is 0. The predicted octanol–water partition coefficient (Wildman–Crippen LogP) is 1.36. The van der Waals surface area contributed by atoms with Crippen molar-refractivity contribution in [1.82, 2.24) is 5.32 Å². The summed E-state index contributed by atoms with van der Waals surface area (Å²) in [5.41, 5.74) is 0.314. The molecular weight excluding hydrogens is 142 g/mol. The molecule has 0 aliphatic heterocycles. The molecule has 0 radical (unpaired) electrons. The lowest BCUT2D eigenvalue weighted by molar-refractivity contribution is -0.133. The maximum Gasteiger partial charge on any atom is 0.351 e. The van der Waals surface area contributed by atoms with Crippen molar-refractivity contribution in [2.45, 2.75) is 26.7 Å². The molecule has 3 nitrogen and oxygen atoms in total. The highest BCUT2D eigenvalue weighted by Crippen LogP contribution is 1.95. The molecular formula is C8H15NO2. The van der Waals surface area contributed by atoms with Crippen LogP contribution in [0.4, 0.5) is 0 Å². The van der Waals surface area contributed by atoms with Crippen LogP contribution < -0.4 is 5.32 Å². The van der Waals surface area contributed by atoms with Gasteiger partial charge in [0.2, 0.25) is 0 Å². The minimum atomic E-state index is -0.875.